The molecular weight excluding hydrogens is 410 g/mol. The number of aryl methyl sites for hydroxylation is 1. The highest BCUT2D eigenvalue weighted by Gasteiger charge is 2.30. The van der Waals surface area contributed by atoms with E-state index in [2.05, 4.69) is 23.7 Å². The van der Waals surface area contributed by atoms with E-state index in [-0.39, 0.29) is 23.8 Å². The second kappa shape index (κ2) is 9.04. The molecule has 2 aliphatic heterocycles. The lowest BCUT2D eigenvalue weighted by Gasteiger charge is -2.38. The number of carbonyl (C=O) groups excluding carboxylic acids is 1. The van der Waals surface area contributed by atoms with E-state index in [0.717, 1.165) is 41.6 Å². The Morgan fingerprint density at radius 2 is 1.88 bits per heavy atom. The summed E-state index contributed by atoms with van der Waals surface area (Å²) >= 11 is 0. The second-order valence-electron chi connectivity index (χ2n) is 8.37. The van der Waals surface area contributed by atoms with Crippen molar-refractivity contribution in [3.05, 3.63) is 63.1 Å². The van der Waals surface area contributed by atoms with Crippen molar-refractivity contribution in [3.8, 4) is 0 Å². The van der Waals surface area contributed by atoms with E-state index in [9.17, 15) is 14.9 Å². The summed E-state index contributed by atoms with van der Waals surface area (Å²) in [5, 5.41) is 10.8. The number of fused-ring (bicyclic) bond motifs is 1. The average Bonchev–Trinajstić information content (AvgIpc) is 2.76. The molecule has 1 aromatic heterocycles. The molecule has 168 valence electrons. The summed E-state index contributed by atoms with van der Waals surface area (Å²) in [7, 11) is 0. The minimum absolute atomic E-state index is 0.0238. The highest BCUT2D eigenvalue weighted by Crippen LogP contribution is 2.29. The van der Waals surface area contributed by atoms with Gasteiger partial charge in [0.25, 0.3) is 5.69 Å². The molecule has 1 fully saturated rings. The molecule has 0 saturated carbocycles. The van der Waals surface area contributed by atoms with Crippen LogP contribution in [0.25, 0.3) is 6.08 Å². The van der Waals surface area contributed by atoms with E-state index in [4.69, 9.17) is 9.72 Å². The predicted molar refractivity (Wildman–Crippen MR) is 120 cm³/mol. The summed E-state index contributed by atoms with van der Waals surface area (Å²) in [4.78, 5) is 36.6. The van der Waals surface area contributed by atoms with Crippen LogP contribution < -0.4 is 4.90 Å². The molecule has 2 atom stereocenters. The number of nitro groups is 1. The molecule has 3 heterocycles. The fraction of sp³-hybridized carbons (Fsp3) is 0.435. The van der Waals surface area contributed by atoms with Crippen molar-refractivity contribution in [3.63, 3.8) is 0 Å². The van der Waals surface area contributed by atoms with Crippen LogP contribution in [0.15, 0.2) is 30.3 Å². The minimum atomic E-state index is -0.443. The summed E-state index contributed by atoms with van der Waals surface area (Å²) in [5.41, 5.74) is 2.76. The van der Waals surface area contributed by atoms with E-state index in [1.807, 2.05) is 6.92 Å². The normalized spacial score (nSPS) is 21.0. The number of ether oxygens (including phenoxy) is 1. The fourth-order valence-corrected chi connectivity index (χ4v) is 4.30. The molecular formula is C23H27N5O4. The molecule has 4 rings (SSSR count). The average molecular weight is 438 g/mol. The zero-order valence-corrected chi connectivity index (χ0v) is 18.5. The maximum Gasteiger partial charge on any atom is 0.269 e. The van der Waals surface area contributed by atoms with Gasteiger partial charge in [-0.05, 0) is 44.5 Å². The number of morpholine rings is 1. The zero-order chi connectivity index (χ0) is 22.8. The van der Waals surface area contributed by atoms with Gasteiger partial charge in [0.05, 0.1) is 29.4 Å². The van der Waals surface area contributed by atoms with Gasteiger partial charge in [-0.3, -0.25) is 14.9 Å². The number of hydrogen-bond donors (Lipinski definition) is 0. The third-order valence-electron chi connectivity index (χ3n) is 5.70. The third-order valence-corrected chi connectivity index (χ3v) is 5.70. The van der Waals surface area contributed by atoms with Crippen LogP contribution in [0, 0.1) is 17.0 Å². The number of non-ortho nitro benzene ring substituents is 1. The van der Waals surface area contributed by atoms with Crippen molar-refractivity contribution in [1.82, 2.24) is 14.9 Å². The van der Waals surface area contributed by atoms with E-state index >= 15 is 0 Å². The van der Waals surface area contributed by atoms with Crippen molar-refractivity contribution in [2.75, 3.05) is 24.5 Å². The lowest BCUT2D eigenvalue weighted by molar-refractivity contribution is -0.384. The molecule has 0 bridgehead atoms. The van der Waals surface area contributed by atoms with Crippen molar-refractivity contribution in [2.45, 2.75) is 45.9 Å². The number of amides is 1. The Morgan fingerprint density at radius 1 is 1.19 bits per heavy atom. The first kappa shape index (κ1) is 21.9. The summed E-state index contributed by atoms with van der Waals surface area (Å²) in [6, 6.07) is 6.11. The molecule has 9 heteroatoms. The Kier molecular flexibility index (Phi) is 6.18. The Bertz CT molecular complexity index is 1040. The monoisotopic (exact) mass is 437 g/mol. The molecule has 2 aliphatic rings. The molecule has 0 unspecified atom stereocenters. The second-order valence-corrected chi connectivity index (χ2v) is 8.37. The maximum atomic E-state index is 12.9. The number of aromatic nitrogens is 2. The van der Waals surface area contributed by atoms with Crippen LogP contribution in [0.1, 0.15) is 36.5 Å². The van der Waals surface area contributed by atoms with Gasteiger partial charge in [0.1, 0.15) is 11.6 Å². The van der Waals surface area contributed by atoms with Gasteiger partial charge in [-0.2, -0.15) is 0 Å². The van der Waals surface area contributed by atoms with Crippen molar-refractivity contribution >= 4 is 23.5 Å². The number of anilines is 1. The van der Waals surface area contributed by atoms with E-state index in [1.165, 1.54) is 18.2 Å². The number of hydrogen-bond acceptors (Lipinski definition) is 7. The first-order valence-electron chi connectivity index (χ1n) is 10.8. The maximum absolute atomic E-state index is 12.9. The fourth-order valence-electron chi connectivity index (χ4n) is 4.30. The smallest absolute Gasteiger partial charge is 0.269 e. The number of benzene rings is 1. The molecule has 1 aromatic carbocycles. The highest BCUT2D eigenvalue weighted by atomic mass is 16.6. The summed E-state index contributed by atoms with van der Waals surface area (Å²) < 4.78 is 5.87. The molecule has 1 saturated heterocycles. The molecule has 0 spiro atoms. The van der Waals surface area contributed by atoms with Crippen LogP contribution in [-0.2, 0) is 22.5 Å². The van der Waals surface area contributed by atoms with Crippen LogP contribution in [-0.4, -0.2) is 57.5 Å². The van der Waals surface area contributed by atoms with E-state index < -0.39 is 4.92 Å². The highest BCUT2D eigenvalue weighted by molar-refractivity contribution is 5.92. The van der Waals surface area contributed by atoms with E-state index in [0.29, 0.717) is 19.5 Å². The Balaban J connectivity index is 1.52. The quantitative estimate of drug-likeness (QED) is 0.412. The Hall–Kier alpha value is -3.33. The van der Waals surface area contributed by atoms with Crippen LogP contribution in [0.2, 0.25) is 0 Å². The molecule has 0 N–H and O–H groups in total. The minimum Gasteiger partial charge on any atom is -0.372 e. The van der Waals surface area contributed by atoms with Crippen molar-refractivity contribution in [1.29, 1.82) is 0 Å². The predicted octanol–water partition coefficient (Wildman–Crippen LogP) is 2.90. The Labute approximate surface area is 186 Å². The van der Waals surface area contributed by atoms with Gasteiger partial charge in [0.15, 0.2) is 0 Å². The first-order valence-corrected chi connectivity index (χ1v) is 10.8. The van der Waals surface area contributed by atoms with Gasteiger partial charge in [0, 0.05) is 49.8 Å². The molecule has 32 heavy (non-hydrogen) atoms. The van der Waals surface area contributed by atoms with Crippen LogP contribution in [0.4, 0.5) is 11.5 Å². The molecule has 0 radical (unpaired) electrons. The first-order chi connectivity index (χ1) is 15.3. The van der Waals surface area contributed by atoms with Gasteiger partial charge in [-0.1, -0.05) is 0 Å². The SMILES string of the molecule is Cc1nc2c(c(N3C[C@@H](C)O[C@H](C)C3)n1)CN(C(=O)/C=C/c1ccc([N+](=O)[O-])cc1)CC2. The van der Waals surface area contributed by atoms with Crippen LogP contribution in [0.3, 0.4) is 0 Å². The topological polar surface area (TPSA) is 102 Å². The molecule has 1 amide bonds. The number of rotatable bonds is 4. The van der Waals surface area contributed by atoms with Gasteiger partial charge >= 0.3 is 0 Å². The zero-order valence-electron chi connectivity index (χ0n) is 18.5. The standard InChI is InChI=1S/C23H27N5O4/c1-15-12-27(13-16(2)32-15)23-20-14-26(11-10-21(20)24-17(3)25-23)22(29)9-6-18-4-7-19(8-5-18)28(30)31/h4-9,15-16H,10-14H2,1-3H3/b9-6+/t15-,16-/m1/s1. The molecule has 2 aromatic rings. The largest absolute Gasteiger partial charge is 0.372 e. The molecule has 0 aliphatic carbocycles. The number of nitro benzene ring substituents is 1. The lowest BCUT2D eigenvalue weighted by atomic mass is 10.0. The van der Waals surface area contributed by atoms with Crippen LogP contribution in [0.5, 0.6) is 0 Å². The summed E-state index contributed by atoms with van der Waals surface area (Å²) in [5.74, 6) is 1.53. The summed E-state index contributed by atoms with van der Waals surface area (Å²) in [6.07, 6.45) is 4.09. The van der Waals surface area contributed by atoms with Crippen molar-refractivity contribution in [2.24, 2.45) is 0 Å². The van der Waals surface area contributed by atoms with Gasteiger partial charge in [0.2, 0.25) is 5.91 Å². The number of carbonyl (C=O) groups is 1. The molecule has 9 nitrogen and oxygen atoms in total. The summed E-state index contributed by atoms with van der Waals surface area (Å²) in [6.45, 7) is 8.56. The Morgan fingerprint density at radius 3 is 2.53 bits per heavy atom. The third kappa shape index (κ3) is 4.77. The van der Waals surface area contributed by atoms with Gasteiger partial charge in [-0.25, -0.2) is 9.97 Å². The lowest BCUT2D eigenvalue weighted by Crippen LogP contribution is -2.47. The van der Waals surface area contributed by atoms with E-state index in [1.54, 1.807) is 23.1 Å². The van der Waals surface area contributed by atoms with Crippen molar-refractivity contribution < 1.29 is 14.5 Å². The van der Waals surface area contributed by atoms with Crippen LogP contribution >= 0.6 is 0 Å². The number of nitrogens with zero attached hydrogens (tertiary/aromatic N) is 5. The van der Waals surface area contributed by atoms with Gasteiger partial charge < -0.3 is 14.5 Å². The van der Waals surface area contributed by atoms with Gasteiger partial charge in [-0.15, -0.1) is 0 Å².